The van der Waals surface area contributed by atoms with E-state index in [1.807, 2.05) is 12.1 Å². The Bertz CT molecular complexity index is 459. The molecule has 1 aliphatic rings. The van der Waals surface area contributed by atoms with E-state index in [9.17, 15) is 0 Å². The van der Waals surface area contributed by atoms with Gasteiger partial charge in [-0.15, -0.1) is 0 Å². The molecule has 3 N–H and O–H groups in total. The van der Waals surface area contributed by atoms with Gasteiger partial charge in [-0.05, 0) is 57.6 Å². The third-order valence-electron chi connectivity index (χ3n) is 4.04. The van der Waals surface area contributed by atoms with E-state index in [0.717, 1.165) is 18.7 Å². The Labute approximate surface area is 115 Å². The Morgan fingerprint density at radius 1 is 1.32 bits per heavy atom. The Morgan fingerprint density at radius 3 is 2.42 bits per heavy atom. The number of amidine groups is 1. The van der Waals surface area contributed by atoms with Crippen LogP contribution in [0.5, 0.6) is 0 Å². The zero-order chi connectivity index (χ0) is 14.0. The maximum atomic E-state index is 7.48. The van der Waals surface area contributed by atoms with Crippen molar-refractivity contribution < 1.29 is 0 Å². The number of aryl methyl sites for hydroxylation is 1. The highest BCUT2D eigenvalue weighted by Gasteiger charge is 2.21. The van der Waals surface area contributed by atoms with Gasteiger partial charge >= 0.3 is 0 Å². The smallest absolute Gasteiger partial charge is 0.122 e. The molecular formula is C15H24N4. The minimum atomic E-state index is 0.140. The van der Waals surface area contributed by atoms with Crippen molar-refractivity contribution in [2.75, 3.05) is 32.1 Å². The molecule has 0 atom stereocenters. The lowest BCUT2D eigenvalue weighted by Gasteiger charge is -2.37. The summed E-state index contributed by atoms with van der Waals surface area (Å²) < 4.78 is 0. The standard InChI is InChI=1S/C15H24N4/c1-11-10-12(15(16)17)4-5-14(11)19-8-6-13(7-9-19)18(2)3/h4-5,10,13H,6-9H2,1-3H3,(H3,16,17). The zero-order valence-electron chi connectivity index (χ0n) is 12.1. The fraction of sp³-hybridized carbons (Fsp3) is 0.533. The van der Waals surface area contributed by atoms with Crippen LogP contribution < -0.4 is 10.6 Å². The van der Waals surface area contributed by atoms with E-state index < -0.39 is 0 Å². The van der Waals surface area contributed by atoms with Crippen molar-refractivity contribution in [2.45, 2.75) is 25.8 Å². The molecule has 0 spiro atoms. The van der Waals surface area contributed by atoms with Crippen LogP contribution in [0.15, 0.2) is 18.2 Å². The third-order valence-corrected chi connectivity index (χ3v) is 4.04. The second-order valence-corrected chi connectivity index (χ2v) is 5.60. The average molecular weight is 260 g/mol. The average Bonchev–Trinajstić information content (AvgIpc) is 2.38. The Balaban J connectivity index is 2.09. The van der Waals surface area contributed by atoms with E-state index in [-0.39, 0.29) is 5.84 Å². The van der Waals surface area contributed by atoms with Gasteiger partial charge in [0.2, 0.25) is 0 Å². The van der Waals surface area contributed by atoms with Gasteiger partial charge in [0.25, 0.3) is 0 Å². The van der Waals surface area contributed by atoms with Crippen molar-refractivity contribution in [2.24, 2.45) is 5.73 Å². The molecular weight excluding hydrogens is 236 g/mol. The van der Waals surface area contributed by atoms with E-state index in [1.165, 1.54) is 24.1 Å². The van der Waals surface area contributed by atoms with Crippen molar-refractivity contribution >= 4 is 11.5 Å². The highest BCUT2D eigenvalue weighted by atomic mass is 15.2. The predicted molar refractivity (Wildman–Crippen MR) is 81.1 cm³/mol. The summed E-state index contributed by atoms with van der Waals surface area (Å²) in [6.45, 7) is 4.30. The largest absolute Gasteiger partial charge is 0.384 e. The topological polar surface area (TPSA) is 56.4 Å². The van der Waals surface area contributed by atoms with Crippen LogP contribution in [0, 0.1) is 12.3 Å². The van der Waals surface area contributed by atoms with E-state index in [1.54, 1.807) is 0 Å². The lowest BCUT2D eigenvalue weighted by molar-refractivity contribution is 0.249. The van der Waals surface area contributed by atoms with E-state index in [2.05, 4.69) is 36.9 Å². The lowest BCUT2D eigenvalue weighted by Crippen LogP contribution is -2.42. The lowest BCUT2D eigenvalue weighted by atomic mass is 10.0. The number of benzene rings is 1. The van der Waals surface area contributed by atoms with E-state index in [0.29, 0.717) is 6.04 Å². The van der Waals surface area contributed by atoms with Gasteiger partial charge in [-0.25, -0.2) is 0 Å². The van der Waals surface area contributed by atoms with Crippen molar-refractivity contribution in [1.82, 2.24) is 4.90 Å². The van der Waals surface area contributed by atoms with E-state index >= 15 is 0 Å². The molecule has 4 heteroatoms. The van der Waals surface area contributed by atoms with E-state index in [4.69, 9.17) is 11.1 Å². The van der Waals surface area contributed by atoms with Crippen molar-refractivity contribution in [3.8, 4) is 0 Å². The summed E-state index contributed by atoms with van der Waals surface area (Å²) in [5.74, 6) is 0.140. The number of rotatable bonds is 3. The maximum absolute atomic E-state index is 7.48. The molecule has 0 saturated carbocycles. The molecule has 1 aliphatic heterocycles. The fourth-order valence-electron chi connectivity index (χ4n) is 2.80. The highest BCUT2D eigenvalue weighted by Crippen LogP contribution is 2.25. The molecule has 1 saturated heterocycles. The number of hydrogen-bond donors (Lipinski definition) is 2. The van der Waals surface area contributed by atoms with Gasteiger partial charge in [0.05, 0.1) is 0 Å². The van der Waals surface area contributed by atoms with Gasteiger partial charge in [-0.1, -0.05) is 0 Å². The maximum Gasteiger partial charge on any atom is 0.122 e. The number of nitrogens with two attached hydrogens (primary N) is 1. The molecule has 4 nitrogen and oxygen atoms in total. The van der Waals surface area contributed by atoms with Gasteiger partial charge < -0.3 is 15.5 Å². The first-order valence-electron chi connectivity index (χ1n) is 6.85. The van der Waals surface area contributed by atoms with Crippen LogP contribution in [0.1, 0.15) is 24.0 Å². The number of anilines is 1. The monoisotopic (exact) mass is 260 g/mol. The van der Waals surface area contributed by atoms with Gasteiger partial charge in [0.1, 0.15) is 5.84 Å². The Hall–Kier alpha value is -1.55. The summed E-state index contributed by atoms with van der Waals surface area (Å²) >= 11 is 0. The molecule has 0 amide bonds. The summed E-state index contributed by atoms with van der Waals surface area (Å²) in [5, 5.41) is 7.48. The van der Waals surface area contributed by atoms with Crippen LogP contribution in [0.3, 0.4) is 0 Å². The molecule has 0 aliphatic carbocycles. The molecule has 2 rings (SSSR count). The molecule has 0 bridgehead atoms. The van der Waals surface area contributed by atoms with Crippen LogP contribution in [0.25, 0.3) is 0 Å². The summed E-state index contributed by atoms with van der Waals surface area (Å²) in [6, 6.07) is 6.76. The number of nitrogens with zero attached hydrogens (tertiary/aromatic N) is 2. The third kappa shape index (κ3) is 3.07. The first-order valence-corrected chi connectivity index (χ1v) is 6.85. The van der Waals surface area contributed by atoms with Gasteiger partial charge in [-0.2, -0.15) is 0 Å². The molecule has 0 radical (unpaired) electrons. The molecule has 0 aromatic heterocycles. The molecule has 19 heavy (non-hydrogen) atoms. The zero-order valence-corrected chi connectivity index (χ0v) is 12.1. The second kappa shape index (κ2) is 5.61. The van der Waals surface area contributed by atoms with Crippen molar-refractivity contribution in [3.05, 3.63) is 29.3 Å². The highest BCUT2D eigenvalue weighted by molar-refractivity contribution is 5.95. The number of piperidine rings is 1. The first-order chi connectivity index (χ1) is 8.99. The second-order valence-electron chi connectivity index (χ2n) is 5.60. The molecule has 1 fully saturated rings. The van der Waals surface area contributed by atoms with Gasteiger partial charge in [0, 0.05) is 30.4 Å². The van der Waals surface area contributed by atoms with Crippen LogP contribution in [-0.2, 0) is 0 Å². The first kappa shape index (κ1) is 13.9. The van der Waals surface area contributed by atoms with Gasteiger partial charge in [0.15, 0.2) is 0 Å². The SMILES string of the molecule is Cc1cc(C(=N)N)ccc1N1CCC(N(C)C)CC1. The quantitative estimate of drug-likeness (QED) is 0.644. The summed E-state index contributed by atoms with van der Waals surface area (Å²) in [4.78, 5) is 4.77. The van der Waals surface area contributed by atoms with Crippen molar-refractivity contribution in [3.63, 3.8) is 0 Å². The molecule has 1 aromatic rings. The summed E-state index contributed by atoms with van der Waals surface area (Å²) in [6.07, 6.45) is 2.42. The van der Waals surface area contributed by atoms with Crippen molar-refractivity contribution in [1.29, 1.82) is 5.41 Å². The fourth-order valence-corrected chi connectivity index (χ4v) is 2.80. The summed E-state index contributed by atoms with van der Waals surface area (Å²) in [7, 11) is 4.32. The van der Waals surface area contributed by atoms with Crippen LogP contribution in [0.4, 0.5) is 5.69 Å². The van der Waals surface area contributed by atoms with Crippen LogP contribution in [0.2, 0.25) is 0 Å². The molecule has 1 heterocycles. The van der Waals surface area contributed by atoms with Crippen LogP contribution >= 0.6 is 0 Å². The molecule has 0 unspecified atom stereocenters. The molecule has 104 valence electrons. The number of nitrogens with one attached hydrogen (secondary N) is 1. The number of hydrogen-bond acceptors (Lipinski definition) is 3. The van der Waals surface area contributed by atoms with Gasteiger partial charge in [-0.3, -0.25) is 5.41 Å². The minimum Gasteiger partial charge on any atom is -0.384 e. The minimum absolute atomic E-state index is 0.140. The molecule has 1 aromatic carbocycles. The normalized spacial score (nSPS) is 16.9. The Morgan fingerprint density at radius 2 is 1.95 bits per heavy atom. The number of nitrogen functional groups attached to an aromatic ring is 1. The van der Waals surface area contributed by atoms with Crippen LogP contribution in [-0.4, -0.2) is 44.0 Å². The Kier molecular flexibility index (Phi) is 4.10. The predicted octanol–water partition coefficient (Wildman–Crippen LogP) is 1.81. The summed E-state index contributed by atoms with van der Waals surface area (Å²) in [5.41, 5.74) is 8.82.